The van der Waals surface area contributed by atoms with Gasteiger partial charge >= 0.3 is 6.18 Å². The third-order valence-corrected chi connectivity index (χ3v) is 4.49. The summed E-state index contributed by atoms with van der Waals surface area (Å²) in [5.74, 6) is 1.22. The van der Waals surface area contributed by atoms with E-state index in [-0.39, 0.29) is 31.4 Å². The molecule has 1 atom stereocenters. The average molecular weight is 422 g/mol. The lowest BCUT2D eigenvalue weighted by Crippen LogP contribution is -2.46. The van der Waals surface area contributed by atoms with Gasteiger partial charge in [-0.05, 0) is 38.4 Å². The lowest BCUT2D eigenvalue weighted by molar-refractivity contribution is -0.163. The van der Waals surface area contributed by atoms with Gasteiger partial charge < -0.3 is 9.32 Å². The molecule has 28 heavy (non-hydrogen) atoms. The van der Waals surface area contributed by atoms with E-state index in [1.165, 1.54) is 6.26 Å². The molecule has 1 amide bonds. The number of amides is 1. The molecule has 0 bridgehead atoms. The summed E-state index contributed by atoms with van der Waals surface area (Å²) in [6.07, 6.45) is -1.37. The van der Waals surface area contributed by atoms with Gasteiger partial charge in [0.1, 0.15) is 18.1 Å². The fraction of sp³-hybridized carbons (Fsp3) is 0.588. The van der Waals surface area contributed by atoms with E-state index in [0.29, 0.717) is 30.5 Å². The number of likely N-dealkylation sites (tertiary alicyclic amines) is 1. The van der Waals surface area contributed by atoms with Gasteiger partial charge in [-0.25, -0.2) is 4.98 Å². The monoisotopic (exact) mass is 421 g/mol. The van der Waals surface area contributed by atoms with Crippen molar-refractivity contribution in [1.82, 2.24) is 25.0 Å². The number of hydrogen-bond donors (Lipinski definition) is 1. The molecule has 1 unspecified atom stereocenters. The van der Waals surface area contributed by atoms with Crippen LogP contribution < -0.4 is 0 Å². The van der Waals surface area contributed by atoms with Crippen LogP contribution in [0, 0.1) is 6.92 Å². The molecular weight excluding hydrogens is 399 g/mol. The van der Waals surface area contributed by atoms with Crippen molar-refractivity contribution in [2.75, 3.05) is 26.2 Å². The molecule has 0 radical (unpaired) electrons. The SMILES string of the molecule is Cc1nc(C2CCCN(CC(=O)N(Cc3ccco3)CC(F)(F)F)C2)n[nH]1.Cl. The van der Waals surface area contributed by atoms with E-state index in [0.717, 1.165) is 17.7 Å². The molecule has 1 fully saturated rings. The van der Waals surface area contributed by atoms with Gasteiger partial charge in [-0.3, -0.25) is 14.8 Å². The molecule has 1 saturated heterocycles. The second-order valence-electron chi connectivity index (χ2n) is 6.80. The highest BCUT2D eigenvalue weighted by Crippen LogP contribution is 2.25. The van der Waals surface area contributed by atoms with Crippen LogP contribution in [0.2, 0.25) is 0 Å². The summed E-state index contributed by atoms with van der Waals surface area (Å²) >= 11 is 0. The predicted molar refractivity (Wildman–Crippen MR) is 97.0 cm³/mol. The smallest absolute Gasteiger partial charge is 0.406 e. The summed E-state index contributed by atoms with van der Waals surface area (Å²) in [6, 6.07) is 3.14. The van der Waals surface area contributed by atoms with Crippen LogP contribution in [0.25, 0.3) is 0 Å². The van der Waals surface area contributed by atoms with Crippen molar-refractivity contribution in [3.8, 4) is 0 Å². The van der Waals surface area contributed by atoms with Crippen molar-refractivity contribution < 1.29 is 22.4 Å². The molecule has 2 aromatic rings. The number of nitrogens with one attached hydrogen (secondary N) is 1. The lowest BCUT2D eigenvalue weighted by Gasteiger charge is -2.32. The molecule has 7 nitrogen and oxygen atoms in total. The molecule has 0 aromatic carbocycles. The number of aryl methyl sites for hydroxylation is 1. The molecule has 11 heteroatoms. The molecule has 1 N–H and O–H groups in total. The van der Waals surface area contributed by atoms with E-state index < -0.39 is 18.6 Å². The Morgan fingerprint density at radius 1 is 1.46 bits per heavy atom. The normalized spacial score (nSPS) is 17.9. The number of piperidine rings is 1. The van der Waals surface area contributed by atoms with Crippen LogP contribution in [-0.4, -0.2) is 63.2 Å². The molecule has 0 saturated carbocycles. The summed E-state index contributed by atoms with van der Waals surface area (Å²) in [6.45, 7) is 1.43. The van der Waals surface area contributed by atoms with E-state index in [4.69, 9.17) is 4.42 Å². The number of rotatable bonds is 6. The number of H-pyrrole nitrogens is 1. The number of carbonyl (C=O) groups is 1. The molecule has 1 aliphatic rings. The maximum Gasteiger partial charge on any atom is 0.406 e. The Morgan fingerprint density at radius 3 is 2.86 bits per heavy atom. The molecule has 0 aliphatic carbocycles. The zero-order valence-electron chi connectivity index (χ0n) is 15.4. The lowest BCUT2D eigenvalue weighted by atomic mass is 9.97. The fourth-order valence-electron chi connectivity index (χ4n) is 3.28. The van der Waals surface area contributed by atoms with Crippen LogP contribution >= 0.6 is 12.4 Å². The number of alkyl halides is 3. The third-order valence-electron chi connectivity index (χ3n) is 4.49. The largest absolute Gasteiger partial charge is 0.467 e. The first kappa shape index (κ1) is 22.2. The third kappa shape index (κ3) is 6.23. The molecule has 0 spiro atoms. The quantitative estimate of drug-likeness (QED) is 0.776. The highest BCUT2D eigenvalue weighted by Gasteiger charge is 2.34. The van der Waals surface area contributed by atoms with Crippen LogP contribution in [0.1, 0.15) is 36.2 Å². The maximum atomic E-state index is 12.9. The number of furan rings is 1. The Bertz CT molecular complexity index is 750. The van der Waals surface area contributed by atoms with Gasteiger partial charge in [0.25, 0.3) is 0 Å². The van der Waals surface area contributed by atoms with Gasteiger partial charge in [0, 0.05) is 12.5 Å². The van der Waals surface area contributed by atoms with Crippen molar-refractivity contribution in [1.29, 1.82) is 0 Å². The van der Waals surface area contributed by atoms with Crippen LogP contribution in [0.15, 0.2) is 22.8 Å². The highest BCUT2D eigenvalue weighted by atomic mass is 35.5. The van der Waals surface area contributed by atoms with E-state index in [1.807, 2.05) is 11.8 Å². The van der Waals surface area contributed by atoms with Crippen molar-refractivity contribution in [3.05, 3.63) is 35.8 Å². The van der Waals surface area contributed by atoms with Crippen molar-refractivity contribution in [2.24, 2.45) is 0 Å². The second-order valence-corrected chi connectivity index (χ2v) is 6.80. The number of nitrogens with zero attached hydrogens (tertiary/aromatic N) is 4. The van der Waals surface area contributed by atoms with Crippen LogP contribution in [0.4, 0.5) is 13.2 Å². The number of aromatic amines is 1. The molecule has 156 valence electrons. The number of hydrogen-bond acceptors (Lipinski definition) is 5. The van der Waals surface area contributed by atoms with E-state index >= 15 is 0 Å². The zero-order chi connectivity index (χ0) is 19.4. The van der Waals surface area contributed by atoms with Gasteiger partial charge in [-0.1, -0.05) is 0 Å². The maximum absolute atomic E-state index is 12.9. The van der Waals surface area contributed by atoms with Crippen molar-refractivity contribution in [2.45, 2.75) is 38.4 Å². The Hall–Kier alpha value is -2.07. The summed E-state index contributed by atoms with van der Waals surface area (Å²) in [7, 11) is 0. The first-order chi connectivity index (χ1) is 12.8. The minimum Gasteiger partial charge on any atom is -0.467 e. The molecule has 3 heterocycles. The minimum absolute atomic E-state index is 0. The number of aromatic nitrogens is 3. The van der Waals surface area contributed by atoms with E-state index in [2.05, 4.69) is 15.2 Å². The molecule has 2 aromatic heterocycles. The zero-order valence-corrected chi connectivity index (χ0v) is 16.2. The van der Waals surface area contributed by atoms with Crippen molar-refractivity contribution in [3.63, 3.8) is 0 Å². The Kier molecular flexibility index (Phi) is 7.48. The average Bonchev–Trinajstić information content (AvgIpc) is 3.25. The van der Waals surface area contributed by atoms with Gasteiger partial charge in [-0.15, -0.1) is 12.4 Å². The van der Waals surface area contributed by atoms with Gasteiger partial charge in [0.2, 0.25) is 5.91 Å². The van der Waals surface area contributed by atoms with Gasteiger partial charge in [-0.2, -0.15) is 18.3 Å². The predicted octanol–water partition coefficient (Wildman–Crippen LogP) is 2.90. The summed E-state index contributed by atoms with van der Waals surface area (Å²) < 4.78 is 43.8. The molecule has 1 aliphatic heterocycles. The Labute approximate surface area is 166 Å². The molecular formula is C17H23ClF3N5O2. The van der Waals surface area contributed by atoms with Gasteiger partial charge in [0.15, 0.2) is 5.82 Å². The number of halogens is 4. The topological polar surface area (TPSA) is 78.3 Å². The second kappa shape index (κ2) is 9.42. The number of carbonyl (C=O) groups excluding carboxylic acids is 1. The van der Waals surface area contributed by atoms with Crippen molar-refractivity contribution >= 4 is 18.3 Å². The van der Waals surface area contributed by atoms with E-state index in [9.17, 15) is 18.0 Å². The van der Waals surface area contributed by atoms with Crippen LogP contribution in [0.3, 0.4) is 0 Å². The standard InChI is InChI=1S/C17H22F3N5O2.ClH/c1-12-21-16(23-22-12)13-4-2-6-24(8-13)10-15(26)25(11-17(18,19)20)9-14-5-3-7-27-14;/h3,5,7,13H,2,4,6,8-11H2,1H3,(H,21,22,23);1H. The summed E-state index contributed by atoms with van der Waals surface area (Å²) in [4.78, 5) is 19.6. The summed E-state index contributed by atoms with van der Waals surface area (Å²) in [5, 5.41) is 6.97. The van der Waals surface area contributed by atoms with Gasteiger partial charge in [0.05, 0.1) is 19.4 Å². The first-order valence-electron chi connectivity index (χ1n) is 8.78. The van der Waals surface area contributed by atoms with Crippen LogP contribution in [0.5, 0.6) is 0 Å². The summed E-state index contributed by atoms with van der Waals surface area (Å²) in [5.41, 5.74) is 0. The fourth-order valence-corrected chi connectivity index (χ4v) is 3.28. The Morgan fingerprint density at radius 2 is 2.25 bits per heavy atom. The molecule has 3 rings (SSSR count). The minimum atomic E-state index is -4.47. The van der Waals surface area contributed by atoms with Crippen LogP contribution in [-0.2, 0) is 11.3 Å². The highest BCUT2D eigenvalue weighted by molar-refractivity contribution is 5.85. The van der Waals surface area contributed by atoms with E-state index in [1.54, 1.807) is 12.1 Å². The Balaban J connectivity index is 0.00000280. The first-order valence-corrected chi connectivity index (χ1v) is 8.78.